The molecule has 1 aromatic carbocycles. The summed E-state index contributed by atoms with van der Waals surface area (Å²) in [6, 6.07) is 6.23. The van der Waals surface area contributed by atoms with Crippen LogP contribution < -0.4 is 15.7 Å². The number of rotatable bonds is 6. The van der Waals surface area contributed by atoms with E-state index in [1.54, 1.807) is 35.8 Å². The van der Waals surface area contributed by atoms with Crippen molar-refractivity contribution in [1.82, 2.24) is 4.98 Å². The van der Waals surface area contributed by atoms with Gasteiger partial charge in [0.2, 0.25) is 5.91 Å². The van der Waals surface area contributed by atoms with Gasteiger partial charge in [-0.05, 0) is 30.7 Å². The van der Waals surface area contributed by atoms with Crippen LogP contribution in [0.15, 0.2) is 35.8 Å². The number of amides is 2. The van der Waals surface area contributed by atoms with Crippen molar-refractivity contribution in [3.05, 3.63) is 41.4 Å². The second-order valence-corrected chi connectivity index (χ2v) is 5.18. The number of hydrogen-bond acceptors (Lipinski definition) is 6. The monoisotopic (exact) mass is 318 g/mol. The molecule has 0 atom stereocenters. The van der Waals surface area contributed by atoms with Crippen LogP contribution in [0.3, 0.4) is 0 Å². The van der Waals surface area contributed by atoms with E-state index >= 15 is 0 Å². The fraction of sp³-hybridized carbons (Fsp3) is 0.143. The Morgan fingerprint density at radius 3 is 2.41 bits per heavy atom. The third-order valence-electron chi connectivity index (χ3n) is 2.64. The second kappa shape index (κ2) is 7.32. The lowest BCUT2D eigenvalue weighted by Crippen LogP contribution is -2.24. The molecule has 114 valence electrons. The molecule has 0 bridgehead atoms. The Morgan fingerprint density at radius 1 is 1.09 bits per heavy atom. The van der Waals surface area contributed by atoms with E-state index in [0.717, 1.165) is 0 Å². The third-order valence-corrected chi connectivity index (χ3v) is 3.33. The van der Waals surface area contributed by atoms with E-state index in [0.29, 0.717) is 16.4 Å². The molecule has 2 rings (SSSR count). The van der Waals surface area contributed by atoms with Gasteiger partial charge < -0.3 is 15.2 Å². The predicted molar refractivity (Wildman–Crippen MR) is 79.4 cm³/mol. The molecule has 0 aliphatic heterocycles. The number of aromatic nitrogens is 1. The number of carboxylic acids is 1. The van der Waals surface area contributed by atoms with Gasteiger partial charge in [-0.1, -0.05) is 0 Å². The number of aliphatic carboxylic acids is 1. The van der Waals surface area contributed by atoms with E-state index in [2.05, 4.69) is 15.6 Å². The highest BCUT2D eigenvalue weighted by Crippen LogP contribution is 2.14. The summed E-state index contributed by atoms with van der Waals surface area (Å²) in [6.45, 7) is 0. The van der Waals surface area contributed by atoms with Gasteiger partial charge in [-0.25, -0.2) is 4.98 Å². The normalized spacial score (nSPS) is 10.0. The quantitative estimate of drug-likeness (QED) is 0.820. The molecule has 0 unspecified atom stereocenters. The maximum atomic E-state index is 11.9. The molecule has 22 heavy (non-hydrogen) atoms. The topological polar surface area (TPSA) is 111 Å². The SMILES string of the molecule is O=C([O-])CCC(=O)Nc1ccc(C(=O)Nc2nccs2)cc1. The van der Waals surface area contributed by atoms with Crippen molar-refractivity contribution in [3.8, 4) is 0 Å². The van der Waals surface area contributed by atoms with Crippen LogP contribution in [0.2, 0.25) is 0 Å². The lowest BCUT2D eigenvalue weighted by molar-refractivity contribution is -0.305. The fourth-order valence-electron chi connectivity index (χ4n) is 1.60. The molecular weight excluding hydrogens is 306 g/mol. The van der Waals surface area contributed by atoms with Crippen LogP contribution in [0.4, 0.5) is 10.8 Å². The molecule has 0 fully saturated rings. The van der Waals surface area contributed by atoms with E-state index in [4.69, 9.17) is 0 Å². The minimum Gasteiger partial charge on any atom is -0.550 e. The largest absolute Gasteiger partial charge is 0.550 e. The number of carbonyl (C=O) groups is 3. The Morgan fingerprint density at radius 2 is 1.82 bits per heavy atom. The summed E-state index contributed by atoms with van der Waals surface area (Å²) < 4.78 is 0. The van der Waals surface area contributed by atoms with Crippen LogP contribution in [0, 0.1) is 0 Å². The van der Waals surface area contributed by atoms with Crippen molar-refractivity contribution in [2.75, 3.05) is 10.6 Å². The maximum absolute atomic E-state index is 11.9. The first-order valence-corrected chi connectivity index (χ1v) is 7.23. The predicted octanol–water partition coefficient (Wildman–Crippen LogP) is 0.864. The molecule has 2 aromatic rings. The van der Waals surface area contributed by atoms with Gasteiger partial charge in [-0.2, -0.15) is 0 Å². The van der Waals surface area contributed by atoms with Crippen molar-refractivity contribution in [2.24, 2.45) is 0 Å². The average Bonchev–Trinajstić information content (AvgIpc) is 2.99. The standard InChI is InChI=1S/C14H13N3O4S/c18-11(5-6-12(19)20)16-10-3-1-9(2-4-10)13(21)17-14-15-7-8-22-14/h1-4,7-8H,5-6H2,(H,16,18)(H,19,20)(H,15,17,21)/p-1. The number of carbonyl (C=O) groups excluding carboxylic acids is 3. The fourth-order valence-corrected chi connectivity index (χ4v) is 2.12. The zero-order valence-electron chi connectivity index (χ0n) is 11.4. The van der Waals surface area contributed by atoms with Crippen molar-refractivity contribution in [2.45, 2.75) is 12.8 Å². The molecule has 7 nitrogen and oxygen atoms in total. The smallest absolute Gasteiger partial charge is 0.257 e. The van der Waals surface area contributed by atoms with E-state index in [1.165, 1.54) is 11.3 Å². The van der Waals surface area contributed by atoms with E-state index in [-0.39, 0.29) is 18.7 Å². The van der Waals surface area contributed by atoms with Crippen molar-refractivity contribution in [3.63, 3.8) is 0 Å². The van der Waals surface area contributed by atoms with Gasteiger partial charge in [0.25, 0.3) is 5.91 Å². The molecule has 0 saturated carbocycles. The van der Waals surface area contributed by atoms with Crippen molar-refractivity contribution in [1.29, 1.82) is 0 Å². The maximum Gasteiger partial charge on any atom is 0.257 e. The summed E-state index contributed by atoms with van der Waals surface area (Å²) in [6.07, 6.45) is 1.10. The van der Waals surface area contributed by atoms with E-state index in [1.807, 2.05) is 0 Å². The zero-order chi connectivity index (χ0) is 15.9. The van der Waals surface area contributed by atoms with Crippen LogP contribution >= 0.6 is 11.3 Å². The second-order valence-electron chi connectivity index (χ2n) is 4.29. The number of thiazole rings is 1. The molecular formula is C14H12N3O4S-. The Labute approximate surface area is 130 Å². The van der Waals surface area contributed by atoms with Crippen LogP contribution in [-0.4, -0.2) is 22.8 Å². The Hall–Kier alpha value is -2.74. The van der Waals surface area contributed by atoms with Gasteiger partial charge in [0, 0.05) is 35.2 Å². The van der Waals surface area contributed by atoms with E-state index < -0.39 is 11.9 Å². The van der Waals surface area contributed by atoms with Crippen LogP contribution in [-0.2, 0) is 9.59 Å². The molecule has 1 heterocycles. The lowest BCUT2D eigenvalue weighted by atomic mass is 10.2. The van der Waals surface area contributed by atoms with Gasteiger partial charge in [0.1, 0.15) is 0 Å². The average molecular weight is 318 g/mol. The van der Waals surface area contributed by atoms with Crippen LogP contribution in [0.5, 0.6) is 0 Å². The summed E-state index contributed by atoms with van der Waals surface area (Å²) in [5.74, 6) is -2.00. The molecule has 0 aliphatic rings. The number of hydrogen-bond donors (Lipinski definition) is 2. The summed E-state index contributed by atoms with van der Waals surface area (Å²) in [4.78, 5) is 37.6. The van der Waals surface area contributed by atoms with Crippen molar-refractivity contribution >= 4 is 39.9 Å². The van der Waals surface area contributed by atoms with E-state index in [9.17, 15) is 19.5 Å². The Bertz CT molecular complexity index is 668. The van der Waals surface area contributed by atoms with Gasteiger partial charge in [-0.3, -0.25) is 14.9 Å². The molecule has 2 N–H and O–H groups in total. The molecule has 0 spiro atoms. The third kappa shape index (κ3) is 4.67. The molecule has 8 heteroatoms. The van der Waals surface area contributed by atoms with Gasteiger partial charge in [-0.15, -0.1) is 11.3 Å². The molecule has 1 aromatic heterocycles. The lowest BCUT2D eigenvalue weighted by Gasteiger charge is -2.07. The number of benzene rings is 1. The number of nitrogens with zero attached hydrogens (tertiary/aromatic N) is 1. The van der Waals surface area contributed by atoms with Crippen LogP contribution in [0.1, 0.15) is 23.2 Å². The highest BCUT2D eigenvalue weighted by molar-refractivity contribution is 7.13. The first-order chi connectivity index (χ1) is 10.5. The number of anilines is 2. The zero-order valence-corrected chi connectivity index (χ0v) is 12.2. The Balaban J connectivity index is 1.91. The van der Waals surface area contributed by atoms with Crippen LogP contribution in [0.25, 0.3) is 0 Å². The summed E-state index contributed by atoms with van der Waals surface area (Å²) >= 11 is 1.31. The van der Waals surface area contributed by atoms with Gasteiger partial charge in [0.05, 0.1) is 0 Å². The first kappa shape index (κ1) is 15.6. The summed E-state index contributed by atoms with van der Waals surface area (Å²) in [5, 5.41) is 17.7. The number of carboxylic acid groups (broad SMARTS) is 1. The minimum absolute atomic E-state index is 0.158. The molecule has 0 radical (unpaired) electrons. The van der Waals surface area contributed by atoms with Gasteiger partial charge >= 0.3 is 0 Å². The highest BCUT2D eigenvalue weighted by atomic mass is 32.1. The van der Waals surface area contributed by atoms with Gasteiger partial charge in [0.15, 0.2) is 5.13 Å². The number of nitrogens with one attached hydrogen (secondary N) is 2. The Kier molecular flexibility index (Phi) is 5.21. The highest BCUT2D eigenvalue weighted by Gasteiger charge is 2.08. The first-order valence-electron chi connectivity index (χ1n) is 6.35. The van der Waals surface area contributed by atoms with Crippen molar-refractivity contribution < 1.29 is 19.5 Å². The summed E-state index contributed by atoms with van der Waals surface area (Å²) in [5.41, 5.74) is 0.900. The summed E-state index contributed by atoms with van der Waals surface area (Å²) in [7, 11) is 0. The molecule has 2 amide bonds. The molecule has 0 aliphatic carbocycles. The minimum atomic E-state index is -1.27. The molecule has 0 saturated heterocycles.